The van der Waals surface area contributed by atoms with E-state index in [1.807, 2.05) is 49.3 Å². The number of hydrogen-bond donors (Lipinski definition) is 1. The largest absolute Gasteiger partial charge is 0.507 e. The molecule has 1 heterocycles. The second kappa shape index (κ2) is 9.00. The van der Waals surface area contributed by atoms with Gasteiger partial charge in [-0.25, -0.2) is 0 Å². The first-order chi connectivity index (χ1) is 14.4. The summed E-state index contributed by atoms with van der Waals surface area (Å²) in [5.41, 5.74) is 1.13. The summed E-state index contributed by atoms with van der Waals surface area (Å²) < 4.78 is 10.6. The minimum atomic E-state index is -0.710. The highest BCUT2D eigenvalue weighted by Gasteiger charge is 2.46. The van der Waals surface area contributed by atoms with Crippen molar-refractivity contribution in [2.45, 2.75) is 6.04 Å². The number of carbonyl (C=O) groups excluding carboxylic acids is 2. The van der Waals surface area contributed by atoms with Crippen molar-refractivity contribution in [1.29, 1.82) is 0 Å². The van der Waals surface area contributed by atoms with E-state index >= 15 is 0 Å². The topological polar surface area (TPSA) is 79.3 Å². The molecule has 2 aromatic rings. The maximum atomic E-state index is 13.0. The van der Waals surface area contributed by atoms with Crippen LogP contribution in [0.2, 0.25) is 0 Å². The number of aliphatic hydroxyl groups is 1. The summed E-state index contributed by atoms with van der Waals surface area (Å²) in [4.78, 5) is 29.3. The molecule has 1 aliphatic rings. The van der Waals surface area contributed by atoms with Gasteiger partial charge in [0.25, 0.3) is 11.7 Å². The van der Waals surface area contributed by atoms with Gasteiger partial charge in [-0.1, -0.05) is 30.3 Å². The number of ketones is 1. The maximum absolute atomic E-state index is 13.0. The number of nitrogens with zero attached hydrogens (tertiary/aromatic N) is 2. The Morgan fingerprint density at radius 2 is 1.77 bits per heavy atom. The quantitative estimate of drug-likeness (QED) is 0.430. The summed E-state index contributed by atoms with van der Waals surface area (Å²) >= 11 is 0. The number of rotatable bonds is 7. The molecule has 0 bridgehead atoms. The third-order valence-electron chi connectivity index (χ3n) is 5.11. The van der Waals surface area contributed by atoms with Crippen molar-refractivity contribution in [2.75, 3.05) is 41.4 Å². The zero-order chi connectivity index (χ0) is 21.8. The number of amides is 1. The second-order valence-electron chi connectivity index (χ2n) is 7.27. The van der Waals surface area contributed by atoms with Gasteiger partial charge in [0.05, 0.1) is 31.4 Å². The summed E-state index contributed by atoms with van der Waals surface area (Å²) in [6.45, 7) is 0.940. The van der Waals surface area contributed by atoms with Crippen LogP contribution in [0.3, 0.4) is 0 Å². The molecule has 158 valence electrons. The molecule has 0 spiro atoms. The third-order valence-corrected chi connectivity index (χ3v) is 5.11. The van der Waals surface area contributed by atoms with E-state index in [0.29, 0.717) is 30.2 Å². The molecule has 1 atom stereocenters. The average Bonchev–Trinajstić information content (AvgIpc) is 3.02. The number of methoxy groups -OCH3 is 2. The monoisotopic (exact) mass is 410 g/mol. The Bertz CT molecular complexity index is 969. The Kier molecular flexibility index (Phi) is 6.42. The average molecular weight is 410 g/mol. The molecule has 0 aliphatic carbocycles. The predicted molar refractivity (Wildman–Crippen MR) is 114 cm³/mol. The molecule has 2 aromatic carbocycles. The Hall–Kier alpha value is -3.32. The van der Waals surface area contributed by atoms with E-state index in [9.17, 15) is 14.7 Å². The molecule has 0 unspecified atom stereocenters. The van der Waals surface area contributed by atoms with E-state index in [-0.39, 0.29) is 11.3 Å². The van der Waals surface area contributed by atoms with Crippen LogP contribution < -0.4 is 9.47 Å². The molecule has 1 fully saturated rings. The van der Waals surface area contributed by atoms with Crippen LogP contribution in [0.5, 0.6) is 11.5 Å². The highest BCUT2D eigenvalue weighted by atomic mass is 16.5. The zero-order valence-electron chi connectivity index (χ0n) is 17.6. The number of likely N-dealkylation sites (tertiary alicyclic amines) is 1. The van der Waals surface area contributed by atoms with Crippen LogP contribution in [0.25, 0.3) is 5.76 Å². The Morgan fingerprint density at radius 1 is 1.07 bits per heavy atom. The molecule has 0 saturated carbocycles. The SMILES string of the molecule is COc1ccc(C(O)=C2C(=O)C(=O)N(CCN(C)C)[C@@H]2c2ccccc2)c(OC)c1. The summed E-state index contributed by atoms with van der Waals surface area (Å²) in [6, 6.07) is 13.5. The molecular formula is C23H26N2O5. The van der Waals surface area contributed by atoms with Crippen LogP contribution in [0.15, 0.2) is 54.1 Å². The van der Waals surface area contributed by atoms with Gasteiger partial charge in [0.15, 0.2) is 0 Å². The number of likely N-dealkylation sites (N-methyl/N-ethyl adjacent to an activating group) is 1. The fraction of sp³-hybridized carbons (Fsp3) is 0.304. The molecular weight excluding hydrogens is 384 g/mol. The van der Waals surface area contributed by atoms with Gasteiger partial charge >= 0.3 is 0 Å². The Labute approximate surface area is 176 Å². The van der Waals surface area contributed by atoms with Crippen LogP contribution in [-0.2, 0) is 9.59 Å². The van der Waals surface area contributed by atoms with Crippen LogP contribution in [0, 0.1) is 0 Å². The van der Waals surface area contributed by atoms with Gasteiger partial charge in [0.1, 0.15) is 17.3 Å². The van der Waals surface area contributed by atoms with Crippen molar-refractivity contribution in [2.24, 2.45) is 0 Å². The molecule has 0 aromatic heterocycles. The lowest BCUT2D eigenvalue weighted by atomic mass is 9.95. The highest BCUT2D eigenvalue weighted by molar-refractivity contribution is 6.46. The minimum absolute atomic E-state index is 0.0495. The zero-order valence-corrected chi connectivity index (χ0v) is 17.6. The summed E-state index contributed by atoms with van der Waals surface area (Å²) in [6.07, 6.45) is 0. The van der Waals surface area contributed by atoms with Crippen molar-refractivity contribution in [3.05, 3.63) is 65.2 Å². The molecule has 3 rings (SSSR count). The smallest absolute Gasteiger partial charge is 0.295 e. The third kappa shape index (κ3) is 4.02. The van der Waals surface area contributed by atoms with Crippen molar-refractivity contribution in [3.63, 3.8) is 0 Å². The predicted octanol–water partition coefficient (Wildman–Crippen LogP) is 2.69. The highest BCUT2D eigenvalue weighted by Crippen LogP contribution is 2.41. The number of Topliss-reactive ketones (excluding diaryl/α,β-unsaturated/α-hetero) is 1. The van der Waals surface area contributed by atoms with Crippen LogP contribution >= 0.6 is 0 Å². The molecule has 0 radical (unpaired) electrons. The standard InChI is InChI=1S/C23H26N2O5/c1-24(2)12-13-25-20(15-8-6-5-7-9-15)19(22(27)23(25)28)21(26)17-11-10-16(29-3)14-18(17)30-4/h5-11,14,20,26H,12-13H2,1-4H3/t20-/m1/s1. The number of hydrogen-bond acceptors (Lipinski definition) is 6. The van der Waals surface area contributed by atoms with Gasteiger partial charge in [-0.15, -0.1) is 0 Å². The second-order valence-corrected chi connectivity index (χ2v) is 7.27. The Balaban J connectivity index is 2.17. The lowest BCUT2D eigenvalue weighted by molar-refractivity contribution is -0.140. The van der Waals surface area contributed by atoms with E-state index in [1.165, 1.54) is 19.1 Å². The summed E-state index contributed by atoms with van der Waals surface area (Å²) in [5.74, 6) is -0.709. The number of benzene rings is 2. The van der Waals surface area contributed by atoms with E-state index in [4.69, 9.17) is 9.47 Å². The van der Waals surface area contributed by atoms with Crippen LogP contribution in [0.1, 0.15) is 17.2 Å². The minimum Gasteiger partial charge on any atom is -0.507 e. The number of carbonyl (C=O) groups is 2. The van der Waals surface area contributed by atoms with Crippen molar-refractivity contribution in [1.82, 2.24) is 9.80 Å². The number of aliphatic hydroxyl groups excluding tert-OH is 1. The maximum Gasteiger partial charge on any atom is 0.295 e. The van der Waals surface area contributed by atoms with Crippen molar-refractivity contribution in [3.8, 4) is 11.5 Å². The van der Waals surface area contributed by atoms with E-state index in [2.05, 4.69) is 0 Å². The van der Waals surface area contributed by atoms with E-state index < -0.39 is 17.7 Å². The fourth-order valence-electron chi connectivity index (χ4n) is 3.54. The molecule has 1 aliphatic heterocycles. The fourth-order valence-corrected chi connectivity index (χ4v) is 3.54. The number of ether oxygens (including phenoxy) is 2. The lowest BCUT2D eigenvalue weighted by Gasteiger charge is -2.26. The van der Waals surface area contributed by atoms with Gasteiger partial charge in [-0.3, -0.25) is 9.59 Å². The van der Waals surface area contributed by atoms with Gasteiger partial charge in [-0.2, -0.15) is 0 Å². The molecule has 1 amide bonds. The summed E-state index contributed by atoms with van der Waals surface area (Å²) in [7, 11) is 6.79. The molecule has 1 N–H and O–H groups in total. The van der Waals surface area contributed by atoms with Crippen LogP contribution in [0.4, 0.5) is 0 Å². The molecule has 30 heavy (non-hydrogen) atoms. The molecule has 1 saturated heterocycles. The lowest BCUT2D eigenvalue weighted by Crippen LogP contribution is -2.35. The molecule has 7 nitrogen and oxygen atoms in total. The van der Waals surface area contributed by atoms with Crippen molar-refractivity contribution >= 4 is 17.4 Å². The molecule has 7 heteroatoms. The van der Waals surface area contributed by atoms with Gasteiger partial charge < -0.3 is 24.4 Å². The van der Waals surface area contributed by atoms with E-state index in [1.54, 1.807) is 18.2 Å². The van der Waals surface area contributed by atoms with Gasteiger partial charge in [0.2, 0.25) is 0 Å². The van der Waals surface area contributed by atoms with Crippen molar-refractivity contribution < 1.29 is 24.2 Å². The first kappa shape index (κ1) is 21.4. The van der Waals surface area contributed by atoms with Crippen LogP contribution in [-0.4, -0.2) is 68.0 Å². The normalized spacial score (nSPS) is 18.2. The van der Waals surface area contributed by atoms with E-state index in [0.717, 1.165) is 5.56 Å². The van der Waals surface area contributed by atoms with Gasteiger partial charge in [0, 0.05) is 19.2 Å². The summed E-state index contributed by atoms with van der Waals surface area (Å²) in [5, 5.41) is 11.2. The van der Waals surface area contributed by atoms with Gasteiger partial charge in [-0.05, 0) is 31.8 Å². The Morgan fingerprint density at radius 3 is 2.37 bits per heavy atom. The first-order valence-electron chi connectivity index (χ1n) is 9.59. The first-order valence-corrected chi connectivity index (χ1v) is 9.59.